The second-order valence-electron chi connectivity index (χ2n) is 6.11. The number of carbonyl (C=O) groups is 2. The van der Waals surface area contributed by atoms with Gasteiger partial charge in [-0.2, -0.15) is 0 Å². The van der Waals surface area contributed by atoms with Crippen LogP contribution in [0.25, 0.3) is 10.9 Å². The molecule has 2 amide bonds. The molecule has 1 aromatic heterocycles. The Morgan fingerprint density at radius 3 is 2.52 bits per heavy atom. The van der Waals surface area contributed by atoms with Gasteiger partial charge in [-0.3, -0.25) is 19.0 Å². The molecule has 0 aliphatic rings. The van der Waals surface area contributed by atoms with Gasteiger partial charge in [-0.05, 0) is 29.8 Å². The van der Waals surface area contributed by atoms with Gasteiger partial charge in [0, 0.05) is 25.7 Å². The van der Waals surface area contributed by atoms with E-state index < -0.39 is 0 Å². The molecular formula is C20H20N4O3. The molecule has 0 atom stereocenters. The molecule has 27 heavy (non-hydrogen) atoms. The molecule has 0 saturated carbocycles. The summed E-state index contributed by atoms with van der Waals surface area (Å²) in [5, 5.41) is 5.89. The third-order valence-electron chi connectivity index (χ3n) is 4.19. The van der Waals surface area contributed by atoms with Crippen LogP contribution in [-0.4, -0.2) is 28.4 Å². The van der Waals surface area contributed by atoms with E-state index in [-0.39, 0.29) is 30.3 Å². The van der Waals surface area contributed by atoms with Crippen molar-refractivity contribution < 1.29 is 9.59 Å². The first kappa shape index (κ1) is 18.3. The second kappa shape index (κ2) is 8.27. The van der Waals surface area contributed by atoms with Crippen LogP contribution in [0.4, 0.5) is 5.69 Å². The smallest absolute Gasteiger partial charge is 0.261 e. The standard InChI is InChI=1S/C20H20N4O3/c1-21-19(26)12-14-6-8-15(9-7-14)23-18(25)10-11-24-13-22-17-5-3-2-4-16(17)20(24)27/h2-9,13H,10-12H2,1H3,(H,21,26)(H,23,25). The average molecular weight is 364 g/mol. The number of nitrogens with one attached hydrogen (secondary N) is 2. The predicted molar refractivity (Wildman–Crippen MR) is 103 cm³/mol. The number of carbonyl (C=O) groups excluding carboxylic acids is 2. The summed E-state index contributed by atoms with van der Waals surface area (Å²) in [5.41, 5.74) is 1.98. The van der Waals surface area contributed by atoms with Crippen LogP contribution in [0.3, 0.4) is 0 Å². The molecule has 138 valence electrons. The molecule has 0 fully saturated rings. The Balaban J connectivity index is 1.59. The Kier molecular flexibility index (Phi) is 5.61. The summed E-state index contributed by atoms with van der Waals surface area (Å²) in [6.07, 6.45) is 1.91. The number of benzene rings is 2. The quantitative estimate of drug-likeness (QED) is 0.696. The Morgan fingerprint density at radius 1 is 1.04 bits per heavy atom. The Labute approximate surface area is 156 Å². The van der Waals surface area contributed by atoms with E-state index in [2.05, 4.69) is 15.6 Å². The van der Waals surface area contributed by atoms with E-state index in [4.69, 9.17) is 0 Å². The molecule has 7 nitrogen and oxygen atoms in total. The van der Waals surface area contributed by atoms with Gasteiger partial charge in [0.25, 0.3) is 5.56 Å². The van der Waals surface area contributed by atoms with Gasteiger partial charge >= 0.3 is 0 Å². The fraction of sp³-hybridized carbons (Fsp3) is 0.200. The highest BCUT2D eigenvalue weighted by molar-refractivity contribution is 5.90. The molecule has 0 aliphatic heterocycles. The highest BCUT2D eigenvalue weighted by Crippen LogP contribution is 2.11. The van der Waals surface area contributed by atoms with Crippen LogP contribution in [-0.2, 0) is 22.6 Å². The van der Waals surface area contributed by atoms with Crippen LogP contribution >= 0.6 is 0 Å². The van der Waals surface area contributed by atoms with Crippen molar-refractivity contribution in [1.82, 2.24) is 14.9 Å². The van der Waals surface area contributed by atoms with Crippen molar-refractivity contribution in [3.05, 3.63) is 70.8 Å². The number of para-hydroxylation sites is 1. The SMILES string of the molecule is CNC(=O)Cc1ccc(NC(=O)CCn2cnc3ccccc3c2=O)cc1. The van der Waals surface area contributed by atoms with Gasteiger partial charge in [0.1, 0.15) is 0 Å². The molecule has 0 saturated heterocycles. The number of likely N-dealkylation sites (N-methyl/N-ethyl adjacent to an activating group) is 1. The summed E-state index contributed by atoms with van der Waals surface area (Å²) in [5.74, 6) is -0.268. The molecule has 0 aliphatic carbocycles. The molecule has 1 heterocycles. The fourth-order valence-electron chi connectivity index (χ4n) is 2.69. The third-order valence-corrected chi connectivity index (χ3v) is 4.19. The number of nitrogens with zero attached hydrogens (tertiary/aromatic N) is 2. The van der Waals surface area contributed by atoms with Gasteiger partial charge in [0.2, 0.25) is 11.8 Å². The Morgan fingerprint density at radius 2 is 1.78 bits per heavy atom. The third kappa shape index (κ3) is 4.58. The van der Waals surface area contributed by atoms with Crippen molar-refractivity contribution in [1.29, 1.82) is 0 Å². The number of hydrogen-bond acceptors (Lipinski definition) is 4. The van der Waals surface area contributed by atoms with Crippen molar-refractivity contribution in [2.45, 2.75) is 19.4 Å². The lowest BCUT2D eigenvalue weighted by atomic mass is 10.1. The lowest BCUT2D eigenvalue weighted by Gasteiger charge is -2.08. The molecule has 3 rings (SSSR count). The first-order chi connectivity index (χ1) is 13.1. The number of aryl methyl sites for hydroxylation is 1. The van der Waals surface area contributed by atoms with E-state index in [1.165, 1.54) is 10.9 Å². The molecule has 3 aromatic rings. The van der Waals surface area contributed by atoms with E-state index in [9.17, 15) is 14.4 Å². The van der Waals surface area contributed by atoms with Gasteiger partial charge in [0.05, 0.1) is 23.7 Å². The van der Waals surface area contributed by atoms with Crippen LogP contribution < -0.4 is 16.2 Å². The van der Waals surface area contributed by atoms with Crippen LogP contribution in [0, 0.1) is 0 Å². The second-order valence-corrected chi connectivity index (χ2v) is 6.11. The Bertz CT molecular complexity index is 1030. The maximum atomic E-state index is 12.4. The molecule has 0 radical (unpaired) electrons. The number of hydrogen-bond donors (Lipinski definition) is 2. The fourth-order valence-corrected chi connectivity index (χ4v) is 2.69. The molecule has 2 aromatic carbocycles. The summed E-state index contributed by atoms with van der Waals surface area (Å²) in [7, 11) is 1.59. The average Bonchev–Trinajstić information content (AvgIpc) is 2.69. The van der Waals surface area contributed by atoms with E-state index in [0.29, 0.717) is 23.0 Å². The maximum absolute atomic E-state index is 12.4. The maximum Gasteiger partial charge on any atom is 0.261 e. The van der Waals surface area contributed by atoms with Gasteiger partial charge in [-0.1, -0.05) is 24.3 Å². The number of rotatable bonds is 6. The van der Waals surface area contributed by atoms with Crippen LogP contribution in [0.5, 0.6) is 0 Å². The molecule has 0 bridgehead atoms. The lowest BCUT2D eigenvalue weighted by Crippen LogP contribution is -2.23. The molecular weight excluding hydrogens is 344 g/mol. The van der Waals surface area contributed by atoms with Crippen molar-refractivity contribution in [2.24, 2.45) is 0 Å². The zero-order valence-corrected chi connectivity index (χ0v) is 14.9. The van der Waals surface area contributed by atoms with Crippen molar-refractivity contribution >= 4 is 28.4 Å². The first-order valence-electron chi connectivity index (χ1n) is 8.60. The van der Waals surface area contributed by atoms with Gasteiger partial charge in [-0.15, -0.1) is 0 Å². The molecule has 0 spiro atoms. The van der Waals surface area contributed by atoms with Crippen LogP contribution in [0.2, 0.25) is 0 Å². The minimum atomic E-state index is -0.200. The van der Waals surface area contributed by atoms with Crippen molar-refractivity contribution in [2.75, 3.05) is 12.4 Å². The van der Waals surface area contributed by atoms with Crippen molar-refractivity contribution in [3.8, 4) is 0 Å². The predicted octanol–water partition coefficient (Wildman–Crippen LogP) is 1.71. The van der Waals surface area contributed by atoms with Gasteiger partial charge in [-0.25, -0.2) is 4.98 Å². The van der Waals surface area contributed by atoms with Crippen LogP contribution in [0.1, 0.15) is 12.0 Å². The molecule has 2 N–H and O–H groups in total. The Hall–Kier alpha value is -3.48. The van der Waals surface area contributed by atoms with E-state index in [1.807, 2.05) is 6.07 Å². The minimum Gasteiger partial charge on any atom is -0.359 e. The first-order valence-corrected chi connectivity index (χ1v) is 8.60. The zero-order chi connectivity index (χ0) is 19.2. The molecule has 7 heteroatoms. The largest absolute Gasteiger partial charge is 0.359 e. The topological polar surface area (TPSA) is 93.1 Å². The normalized spacial score (nSPS) is 10.6. The minimum absolute atomic E-state index is 0.0683. The summed E-state index contributed by atoms with van der Waals surface area (Å²) in [4.78, 5) is 40.2. The summed E-state index contributed by atoms with van der Waals surface area (Å²) in [6.45, 7) is 0.247. The number of fused-ring (bicyclic) bond motifs is 1. The number of amides is 2. The molecule has 0 unspecified atom stereocenters. The highest BCUT2D eigenvalue weighted by Gasteiger charge is 2.07. The van der Waals surface area contributed by atoms with Crippen molar-refractivity contribution in [3.63, 3.8) is 0 Å². The van der Waals surface area contributed by atoms with Gasteiger partial charge < -0.3 is 10.6 Å². The van der Waals surface area contributed by atoms with Gasteiger partial charge in [0.15, 0.2) is 0 Å². The summed E-state index contributed by atoms with van der Waals surface area (Å²) < 4.78 is 1.44. The van der Waals surface area contributed by atoms with Crippen LogP contribution in [0.15, 0.2) is 59.7 Å². The number of aromatic nitrogens is 2. The zero-order valence-electron chi connectivity index (χ0n) is 14.9. The monoisotopic (exact) mass is 364 g/mol. The highest BCUT2D eigenvalue weighted by atomic mass is 16.2. The number of anilines is 1. The summed E-state index contributed by atoms with van der Waals surface area (Å²) >= 11 is 0. The van der Waals surface area contributed by atoms with E-state index in [0.717, 1.165) is 5.56 Å². The van der Waals surface area contributed by atoms with E-state index >= 15 is 0 Å². The lowest BCUT2D eigenvalue weighted by molar-refractivity contribution is -0.120. The summed E-state index contributed by atoms with van der Waals surface area (Å²) in [6, 6.07) is 14.2. The van der Waals surface area contributed by atoms with E-state index in [1.54, 1.807) is 49.5 Å².